The van der Waals surface area contributed by atoms with E-state index in [0.717, 1.165) is 13.0 Å². The summed E-state index contributed by atoms with van der Waals surface area (Å²) in [6.07, 6.45) is 3.10. The molecule has 1 aliphatic heterocycles. The van der Waals surface area contributed by atoms with E-state index in [4.69, 9.17) is 4.65 Å². The molecule has 1 aromatic heterocycles. The highest BCUT2D eigenvalue weighted by atomic mass is 16.5. The molecule has 4 rings (SSSR count). The molecule has 2 heterocycles. The first-order valence-electron chi connectivity index (χ1n) is 7.81. The minimum absolute atomic E-state index is 0.744. The maximum absolute atomic E-state index is 6.49. The van der Waals surface area contributed by atoms with Gasteiger partial charge in [-0.15, -0.1) is 0 Å². The second kappa shape index (κ2) is 5.43. The fraction of sp³-hybridized carbons (Fsp3) is 0.105. The van der Waals surface area contributed by atoms with Gasteiger partial charge in [-0.25, -0.2) is 0 Å². The molecule has 0 N–H and O–H groups in total. The first kappa shape index (κ1) is 13.3. The Balaban J connectivity index is 2.04. The van der Waals surface area contributed by atoms with Gasteiger partial charge in [0.05, 0.1) is 0 Å². The molecule has 0 aliphatic carbocycles. The molecule has 22 heavy (non-hydrogen) atoms. The number of aromatic nitrogens is 1. The lowest BCUT2D eigenvalue weighted by Crippen LogP contribution is -2.83. The van der Waals surface area contributed by atoms with Crippen molar-refractivity contribution in [3.8, 4) is 0 Å². The third kappa shape index (κ3) is 1.98. The van der Waals surface area contributed by atoms with E-state index in [2.05, 4.69) is 89.5 Å². The zero-order valence-electron chi connectivity index (χ0n) is 12.4. The largest absolute Gasteiger partial charge is 0.523 e. The lowest BCUT2D eigenvalue weighted by atomic mass is 9.40. The third-order valence-corrected chi connectivity index (χ3v) is 4.59. The number of pyridine rings is 1. The SMILES string of the molecule is c1ccc([B-]2(c3ccccc3)OCCc3cccc[n+]32)cc1. The molecule has 0 fully saturated rings. The van der Waals surface area contributed by atoms with E-state index in [1.807, 2.05) is 0 Å². The Morgan fingerprint density at radius 1 is 0.727 bits per heavy atom. The molecule has 0 unspecified atom stereocenters. The van der Waals surface area contributed by atoms with Gasteiger partial charge in [-0.3, -0.25) is 0 Å². The maximum Gasteiger partial charge on any atom is 0.462 e. The van der Waals surface area contributed by atoms with E-state index < -0.39 is 6.48 Å². The molecule has 1 aliphatic rings. The van der Waals surface area contributed by atoms with Crippen molar-refractivity contribution in [1.82, 2.24) is 0 Å². The van der Waals surface area contributed by atoms with Crippen LogP contribution < -0.4 is 15.4 Å². The van der Waals surface area contributed by atoms with Crippen LogP contribution in [0, 0.1) is 0 Å². The zero-order chi connectivity index (χ0) is 14.8. The van der Waals surface area contributed by atoms with Crippen molar-refractivity contribution in [3.63, 3.8) is 0 Å². The molecule has 2 nitrogen and oxygen atoms in total. The van der Waals surface area contributed by atoms with Crippen molar-refractivity contribution in [2.75, 3.05) is 6.61 Å². The molecular weight excluding hydrogens is 269 g/mol. The number of rotatable bonds is 2. The molecule has 3 aromatic rings. The fourth-order valence-electron chi connectivity index (χ4n) is 3.61. The predicted octanol–water partition coefficient (Wildman–Crippen LogP) is 1.65. The lowest BCUT2D eigenvalue weighted by Gasteiger charge is -2.40. The van der Waals surface area contributed by atoms with Crippen LogP contribution in [0.4, 0.5) is 0 Å². The summed E-state index contributed by atoms with van der Waals surface area (Å²) in [5.41, 5.74) is 3.75. The van der Waals surface area contributed by atoms with Crippen molar-refractivity contribution >= 4 is 17.4 Å². The van der Waals surface area contributed by atoms with Crippen LogP contribution in [-0.2, 0) is 11.1 Å². The van der Waals surface area contributed by atoms with E-state index in [1.165, 1.54) is 16.6 Å². The average molecular weight is 287 g/mol. The molecule has 0 atom stereocenters. The normalized spacial score (nSPS) is 16.0. The smallest absolute Gasteiger partial charge is 0.462 e. The monoisotopic (exact) mass is 287 g/mol. The van der Waals surface area contributed by atoms with Crippen LogP contribution in [0.25, 0.3) is 0 Å². The van der Waals surface area contributed by atoms with Gasteiger partial charge >= 0.3 is 6.48 Å². The van der Waals surface area contributed by atoms with Crippen molar-refractivity contribution in [2.24, 2.45) is 0 Å². The fourth-order valence-corrected chi connectivity index (χ4v) is 3.61. The van der Waals surface area contributed by atoms with Crippen molar-refractivity contribution < 1.29 is 9.13 Å². The van der Waals surface area contributed by atoms with Crippen molar-refractivity contribution in [1.29, 1.82) is 0 Å². The Hall–Kier alpha value is -2.39. The summed E-state index contributed by atoms with van der Waals surface area (Å²) in [6.45, 7) is -0.676. The van der Waals surface area contributed by atoms with E-state index in [0.29, 0.717) is 0 Å². The summed E-state index contributed by atoms with van der Waals surface area (Å²) in [7, 11) is 0. The van der Waals surface area contributed by atoms with Crippen LogP contribution in [0.5, 0.6) is 0 Å². The molecule has 108 valence electrons. The second-order valence-corrected chi connectivity index (χ2v) is 5.79. The number of nitrogens with zero attached hydrogens (tertiary/aromatic N) is 1. The highest BCUT2D eigenvalue weighted by molar-refractivity contribution is 6.90. The summed E-state index contributed by atoms with van der Waals surface area (Å²) >= 11 is 0. The first-order chi connectivity index (χ1) is 10.9. The topological polar surface area (TPSA) is 13.1 Å². The van der Waals surface area contributed by atoms with Gasteiger partial charge in [0.25, 0.3) is 0 Å². The molecule has 0 amide bonds. The first-order valence-corrected chi connectivity index (χ1v) is 7.81. The van der Waals surface area contributed by atoms with E-state index >= 15 is 0 Å². The number of hydrogen-bond acceptors (Lipinski definition) is 1. The highest BCUT2D eigenvalue weighted by Gasteiger charge is 2.45. The molecular formula is C19H18BNO. The second-order valence-electron chi connectivity index (χ2n) is 5.79. The quantitative estimate of drug-likeness (QED) is 0.653. The molecule has 0 spiro atoms. The molecule has 0 saturated carbocycles. The van der Waals surface area contributed by atoms with Crippen molar-refractivity contribution in [3.05, 3.63) is 90.8 Å². The molecule has 0 bridgehead atoms. The van der Waals surface area contributed by atoms with Crippen LogP contribution in [0.3, 0.4) is 0 Å². The van der Waals surface area contributed by atoms with Gasteiger partial charge in [-0.1, -0.05) is 77.7 Å². The average Bonchev–Trinajstić information content (AvgIpc) is 2.63. The van der Waals surface area contributed by atoms with Crippen LogP contribution in [0.2, 0.25) is 0 Å². The summed E-state index contributed by atoms with van der Waals surface area (Å²) in [6, 6.07) is 27.5. The van der Waals surface area contributed by atoms with E-state index in [1.54, 1.807) is 0 Å². The van der Waals surface area contributed by atoms with Crippen LogP contribution in [0.15, 0.2) is 85.1 Å². The van der Waals surface area contributed by atoms with Crippen LogP contribution >= 0.6 is 0 Å². The van der Waals surface area contributed by atoms with Gasteiger partial charge in [0.15, 0.2) is 0 Å². The Kier molecular flexibility index (Phi) is 3.28. The molecule has 0 radical (unpaired) electrons. The summed E-state index contributed by atoms with van der Waals surface area (Å²) in [4.78, 5) is 0. The van der Waals surface area contributed by atoms with Crippen molar-refractivity contribution in [2.45, 2.75) is 6.42 Å². The maximum atomic E-state index is 6.49. The van der Waals surface area contributed by atoms with Gasteiger partial charge in [0.2, 0.25) is 0 Å². The van der Waals surface area contributed by atoms with E-state index in [9.17, 15) is 0 Å². The van der Waals surface area contributed by atoms with Crippen LogP contribution in [0.1, 0.15) is 5.69 Å². The third-order valence-electron chi connectivity index (χ3n) is 4.59. The van der Waals surface area contributed by atoms with Gasteiger partial charge < -0.3 is 9.13 Å². The van der Waals surface area contributed by atoms with Gasteiger partial charge in [0, 0.05) is 19.1 Å². The van der Waals surface area contributed by atoms with Gasteiger partial charge in [-0.05, 0) is 6.07 Å². The number of benzene rings is 2. The highest BCUT2D eigenvalue weighted by Crippen LogP contribution is 2.12. The van der Waals surface area contributed by atoms with Gasteiger partial charge in [-0.2, -0.15) is 0 Å². The summed E-state index contributed by atoms with van der Waals surface area (Å²) < 4.78 is 8.82. The van der Waals surface area contributed by atoms with Crippen LogP contribution in [-0.4, -0.2) is 13.1 Å². The summed E-state index contributed by atoms with van der Waals surface area (Å²) in [5.74, 6) is 0. The Bertz CT molecular complexity index is 734. The Morgan fingerprint density at radius 2 is 1.32 bits per heavy atom. The Morgan fingerprint density at radius 3 is 1.95 bits per heavy atom. The minimum atomic E-state index is -1.42. The molecule has 2 aromatic carbocycles. The number of hydrogen-bond donors (Lipinski definition) is 0. The predicted molar refractivity (Wildman–Crippen MR) is 89.6 cm³/mol. The number of fused-ring (bicyclic) bond motifs is 1. The molecule has 3 heteroatoms. The van der Waals surface area contributed by atoms with E-state index in [-0.39, 0.29) is 0 Å². The lowest BCUT2D eigenvalue weighted by molar-refractivity contribution is -0.571. The minimum Gasteiger partial charge on any atom is -0.523 e. The van der Waals surface area contributed by atoms with Gasteiger partial charge in [0.1, 0.15) is 11.9 Å². The zero-order valence-corrected chi connectivity index (χ0v) is 12.4. The molecule has 0 saturated heterocycles. The standard InChI is InChI=1S/C19H18BNO/c1-3-9-17(10-4-1)20(18-11-5-2-6-12-18)21-15-8-7-13-19(21)14-16-22-20/h1-13,15H,14,16H2. The summed E-state index contributed by atoms with van der Waals surface area (Å²) in [5, 5.41) is 0. The Labute approximate surface area is 131 Å².